The van der Waals surface area contributed by atoms with Crippen LogP contribution in [0.3, 0.4) is 0 Å². The molecule has 1 heterocycles. The van der Waals surface area contributed by atoms with Crippen molar-refractivity contribution in [3.05, 3.63) is 0 Å². The van der Waals surface area contributed by atoms with Crippen LogP contribution in [0.1, 0.15) is 6.92 Å². The molecule has 104 valence electrons. The maximum atomic E-state index is 12.3. The first-order chi connectivity index (χ1) is 8.32. The third kappa shape index (κ3) is 2.97. The van der Waals surface area contributed by atoms with E-state index < -0.39 is 27.2 Å². The number of thiocarbonyl (C=S) groups is 1. The predicted molar refractivity (Wildman–Crippen MR) is 70.5 cm³/mol. The summed E-state index contributed by atoms with van der Waals surface area (Å²) < 4.78 is 30.8. The smallest absolute Gasteiger partial charge is 0.240 e. The molecule has 2 atom stereocenters. The summed E-state index contributed by atoms with van der Waals surface area (Å²) in [7, 11) is -2.30. The van der Waals surface area contributed by atoms with Crippen LogP contribution in [-0.4, -0.2) is 61.7 Å². The van der Waals surface area contributed by atoms with Crippen LogP contribution >= 0.6 is 12.2 Å². The Morgan fingerprint density at radius 3 is 2.72 bits per heavy atom. The highest BCUT2D eigenvalue weighted by molar-refractivity contribution is 7.92. The maximum absolute atomic E-state index is 12.3. The summed E-state index contributed by atoms with van der Waals surface area (Å²) in [5, 5.41) is 1.41. The van der Waals surface area contributed by atoms with Crippen molar-refractivity contribution in [3.8, 4) is 0 Å². The molecule has 0 aromatic rings. The lowest BCUT2D eigenvalue weighted by Gasteiger charge is -2.34. The Morgan fingerprint density at radius 2 is 2.22 bits per heavy atom. The SMILES string of the molecule is CNC(=O)C1COCCN1S(=O)(=O)C(C)C(N)=S. The van der Waals surface area contributed by atoms with E-state index in [2.05, 4.69) is 5.32 Å². The van der Waals surface area contributed by atoms with Gasteiger partial charge in [-0.2, -0.15) is 4.31 Å². The molecule has 0 bridgehead atoms. The fourth-order valence-corrected chi connectivity index (χ4v) is 3.52. The number of nitrogens with one attached hydrogen (secondary N) is 1. The second kappa shape index (κ2) is 5.91. The van der Waals surface area contributed by atoms with Gasteiger partial charge in [-0.1, -0.05) is 12.2 Å². The molecule has 3 N–H and O–H groups in total. The van der Waals surface area contributed by atoms with Gasteiger partial charge in [-0.25, -0.2) is 8.42 Å². The third-order valence-electron chi connectivity index (χ3n) is 2.80. The highest BCUT2D eigenvalue weighted by atomic mass is 32.2. The minimum atomic E-state index is -3.74. The molecular weight excluding hydrogens is 278 g/mol. The number of nitrogens with two attached hydrogens (primary N) is 1. The van der Waals surface area contributed by atoms with Crippen molar-refractivity contribution in [2.45, 2.75) is 18.2 Å². The molecule has 0 aromatic carbocycles. The fraction of sp³-hybridized carbons (Fsp3) is 0.778. The number of sulfonamides is 1. The van der Waals surface area contributed by atoms with Gasteiger partial charge in [-0.15, -0.1) is 0 Å². The van der Waals surface area contributed by atoms with Crippen LogP contribution in [0.5, 0.6) is 0 Å². The molecule has 0 radical (unpaired) electrons. The normalized spacial score (nSPS) is 23.3. The molecular formula is C9H17N3O4S2. The van der Waals surface area contributed by atoms with Gasteiger partial charge < -0.3 is 15.8 Å². The van der Waals surface area contributed by atoms with E-state index >= 15 is 0 Å². The molecule has 7 nitrogen and oxygen atoms in total. The minimum absolute atomic E-state index is 0.0307. The van der Waals surface area contributed by atoms with Crippen LogP contribution in [0.25, 0.3) is 0 Å². The molecule has 0 aliphatic carbocycles. The summed E-state index contributed by atoms with van der Waals surface area (Å²) in [4.78, 5) is 11.5. The van der Waals surface area contributed by atoms with E-state index in [1.165, 1.54) is 14.0 Å². The number of nitrogens with zero attached hydrogens (tertiary/aromatic N) is 1. The molecule has 1 rings (SSSR count). The van der Waals surface area contributed by atoms with Gasteiger partial charge in [0.2, 0.25) is 15.9 Å². The van der Waals surface area contributed by atoms with E-state index in [1.54, 1.807) is 0 Å². The van der Waals surface area contributed by atoms with Gasteiger partial charge in [0.15, 0.2) is 0 Å². The number of hydrogen-bond donors (Lipinski definition) is 2. The van der Waals surface area contributed by atoms with Gasteiger partial charge in [-0.3, -0.25) is 4.79 Å². The molecule has 1 fully saturated rings. The molecule has 0 aromatic heterocycles. The Bertz CT molecular complexity index is 437. The molecule has 18 heavy (non-hydrogen) atoms. The standard InChI is InChI=1S/C9H17N3O4S2/c1-6(8(10)17)18(14,15)12-3-4-16-5-7(12)9(13)11-2/h6-7H,3-5H2,1-2H3,(H2,10,17)(H,11,13). The van der Waals surface area contributed by atoms with Crippen molar-refractivity contribution in [1.82, 2.24) is 9.62 Å². The Morgan fingerprint density at radius 1 is 1.61 bits per heavy atom. The molecule has 0 saturated carbocycles. The first kappa shape index (κ1) is 15.3. The Balaban J connectivity index is 3.03. The summed E-state index contributed by atoms with van der Waals surface area (Å²) in [6.45, 7) is 1.81. The molecule has 0 spiro atoms. The van der Waals surface area contributed by atoms with Gasteiger partial charge in [0.25, 0.3) is 0 Å². The average Bonchev–Trinajstić information content (AvgIpc) is 2.36. The number of carbonyl (C=O) groups is 1. The number of rotatable bonds is 4. The van der Waals surface area contributed by atoms with Crippen molar-refractivity contribution in [2.75, 3.05) is 26.8 Å². The number of ether oxygens (including phenoxy) is 1. The quantitative estimate of drug-likeness (QED) is 0.608. The zero-order chi connectivity index (χ0) is 13.9. The van der Waals surface area contributed by atoms with E-state index in [9.17, 15) is 13.2 Å². The fourth-order valence-electron chi connectivity index (χ4n) is 1.62. The van der Waals surface area contributed by atoms with Crippen molar-refractivity contribution in [3.63, 3.8) is 0 Å². The van der Waals surface area contributed by atoms with Crippen molar-refractivity contribution >= 4 is 33.1 Å². The number of hydrogen-bond acceptors (Lipinski definition) is 5. The lowest BCUT2D eigenvalue weighted by atomic mass is 10.2. The van der Waals surface area contributed by atoms with E-state index in [0.29, 0.717) is 0 Å². The lowest BCUT2D eigenvalue weighted by molar-refractivity contribution is -0.128. The van der Waals surface area contributed by atoms with Crippen molar-refractivity contribution in [1.29, 1.82) is 0 Å². The highest BCUT2D eigenvalue weighted by Crippen LogP contribution is 2.17. The summed E-state index contributed by atoms with van der Waals surface area (Å²) >= 11 is 4.71. The maximum Gasteiger partial charge on any atom is 0.240 e. The number of morpholine rings is 1. The number of likely N-dealkylation sites (N-methyl/N-ethyl adjacent to an activating group) is 1. The van der Waals surface area contributed by atoms with Crippen LogP contribution in [0.2, 0.25) is 0 Å². The minimum Gasteiger partial charge on any atom is -0.392 e. The van der Waals surface area contributed by atoms with Crippen LogP contribution in [0.15, 0.2) is 0 Å². The molecule has 9 heteroatoms. The second-order valence-electron chi connectivity index (χ2n) is 3.91. The molecule has 1 saturated heterocycles. The van der Waals surface area contributed by atoms with E-state index in [4.69, 9.17) is 22.7 Å². The predicted octanol–water partition coefficient (Wildman–Crippen LogP) is -1.56. The highest BCUT2D eigenvalue weighted by Gasteiger charge is 2.40. The zero-order valence-electron chi connectivity index (χ0n) is 10.3. The lowest BCUT2D eigenvalue weighted by Crippen LogP contribution is -2.58. The second-order valence-corrected chi connectivity index (χ2v) is 6.58. The van der Waals surface area contributed by atoms with Crippen LogP contribution in [0, 0.1) is 0 Å². The summed E-state index contributed by atoms with van der Waals surface area (Å²) in [6, 6.07) is -0.870. The van der Waals surface area contributed by atoms with Crippen LogP contribution in [-0.2, 0) is 19.6 Å². The summed E-state index contributed by atoms with van der Waals surface area (Å²) in [5.74, 6) is -0.409. The van der Waals surface area contributed by atoms with Gasteiger partial charge in [0.05, 0.1) is 18.2 Å². The first-order valence-corrected chi connectivity index (χ1v) is 7.32. The third-order valence-corrected chi connectivity index (χ3v) is 5.54. The van der Waals surface area contributed by atoms with E-state index in [1.807, 2.05) is 0 Å². The molecule has 1 aliphatic rings. The monoisotopic (exact) mass is 295 g/mol. The van der Waals surface area contributed by atoms with Gasteiger partial charge >= 0.3 is 0 Å². The van der Waals surface area contributed by atoms with E-state index in [0.717, 1.165) is 4.31 Å². The summed E-state index contributed by atoms with van der Waals surface area (Å²) in [6.07, 6.45) is 0. The van der Waals surface area contributed by atoms with Gasteiger partial charge in [-0.05, 0) is 6.92 Å². The van der Waals surface area contributed by atoms with Gasteiger partial charge in [0.1, 0.15) is 11.3 Å². The Kier molecular flexibility index (Phi) is 5.02. The number of carbonyl (C=O) groups excluding carboxylic acids is 1. The van der Waals surface area contributed by atoms with Crippen molar-refractivity contribution < 1.29 is 17.9 Å². The van der Waals surface area contributed by atoms with E-state index in [-0.39, 0.29) is 24.7 Å². The zero-order valence-corrected chi connectivity index (χ0v) is 11.9. The van der Waals surface area contributed by atoms with Crippen LogP contribution in [0.4, 0.5) is 0 Å². The molecule has 1 amide bonds. The Hall–Kier alpha value is -0.770. The van der Waals surface area contributed by atoms with Crippen LogP contribution < -0.4 is 11.1 Å². The van der Waals surface area contributed by atoms with Crippen molar-refractivity contribution in [2.24, 2.45) is 5.73 Å². The summed E-state index contributed by atoms with van der Waals surface area (Å²) in [5.41, 5.74) is 5.38. The average molecular weight is 295 g/mol. The molecule has 1 aliphatic heterocycles. The first-order valence-electron chi connectivity index (χ1n) is 5.41. The number of amides is 1. The largest absolute Gasteiger partial charge is 0.392 e. The van der Waals surface area contributed by atoms with Gasteiger partial charge in [0, 0.05) is 13.6 Å². The Labute approximate surface area is 112 Å². The molecule has 2 unspecified atom stereocenters. The topological polar surface area (TPSA) is 102 Å².